The number of amides is 1. The first-order valence-corrected chi connectivity index (χ1v) is 10.5. The summed E-state index contributed by atoms with van der Waals surface area (Å²) in [6.07, 6.45) is -1.56. The van der Waals surface area contributed by atoms with Gasteiger partial charge in [0.1, 0.15) is 29.8 Å². The summed E-state index contributed by atoms with van der Waals surface area (Å²) in [6.45, 7) is 3.72. The fourth-order valence-corrected chi connectivity index (χ4v) is 3.60. The van der Waals surface area contributed by atoms with Crippen molar-refractivity contribution in [3.05, 3.63) is 87.6 Å². The summed E-state index contributed by atoms with van der Waals surface area (Å²) in [4.78, 5) is 24.1. The van der Waals surface area contributed by atoms with Crippen molar-refractivity contribution in [3.8, 4) is 5.75 Å². The van der Waals surface area contributed by atoms with E-state index in [0.717, 1.165) is 5.56 Å². The van der Waals surface area contributed by atoms with Gasteiger partial charge in [-0.2, -0.15) is 0 Å². The SMILES string of the molecule is CNC(=O)OC1=C(C)NC(C)=C(OC(=O)OC)C1c1ccccc1OCc1ccccc1Cl. The first kappa shape index (κ1) is 24.0. The third-order valence-electron chi connectivity index (χ3n) is 4.98. The first-order valence-electron chi connectivity index (χ1n) is 10.1. The molecule has 2 aromatic rings. The predicted octanol–water partition coefficient (Wildman–Crippen LogP) is 5.21. The zero-order valence-electron chi connectivity index (χ0n) is 18.7. The maximum Gasteiger partial charge on any atom is 0.513 e. The molecule has 1 atom stereocenters. The molecular weight excluding hydrogens is 448 g/mol. The molecule has 0 aromatic heterocycles. The number of methoxy groups -OCH3 is 1. The van der Waals surface area contributed by atoms with Crippen molar-refractivity contribution in [1.29, 1.82) is 0 Å². The molecule has 1 aliphatic rings. The number of hydrogen-bond acceptors (Lipinski definition) is 7. The van der Waals surface area contributed by atoms with Crippen molar-refractivity contribution < 1.29 is 28.5 Å². The van der Waals surface area contributed by atoms with Gasteiger partial charge in [0.05, 0.1) is 18.5 Å². The van der Waals surface area contributed by atoms with Crippen LogP contribution in [0.5, 0.6) is 5.75 Å². The number of carbonyl (C=O) groups is 2. The smallest absolute Gasteiger partial charge is 0.489 e. The van der Waals surface area contributed by atoms with Crippen LogP contribution in [-0.2, 0) is 20.8 Å². The highest BCUT2D eigenvalue weighted by atomic mass is 35.5. The minimum Gasteiger partial charge on any atom is -0.489 e. The third-order valence-corrected chi connectivity index (χ3v) is 5.35. The topological polar surface area (TPSA) is 95.1 Å². The molecule has 33 heavy (non-hydrogen) atoms. The lowest BCUT2D eigenvalue weighted by molar-refractivity contribution is 0.0887. The highest BCUT2D eigenvalue weighted by Crippen LogP contribution is 2.43. The number of rotatable bonds is 6. The van der Waals surface area contributed by atoms with Gasteiger partial charge in [-0.25, -0.2) is 9.59 Å². The number of halogens is 1. The highest BCUT2D eigenvalue weighted by molar-refractivity contribution is 6.31. The predicted molar refractivity (Wildman–Crippen MR) is 123 cm³/mol. The van der Waals surface area contributed by atoms with E-state index in [0.29, 0.717) is 27.7 Å². The van der Waals surface area contributed by atoms with Crippen LogP contribution in [-0.4, -0.2) is 26.4 Å². The Labute approximate surface area is 197 Å². The standard InChI is InChI=1S/C24H25ClN2O6/c1-14-21(32-23(28)26-3)20(22(15(2)27-14)33-24(29)30-4)17-10-6-8-12-19(17)31-13-16-9-5-7-11-18(16)25/h5-12,20,27H,13H2,1-4H3,(H,26,28). The molecule has 8 nitrogen and oxygen atoms in total. The average Bonchev–Trinajstić information content (AvgIpc) is 2.81. The number of ether oxygens (including phenoxy) is 4. The van der Waals surface area contributed by atoms with Crippen LogP contribution >= 0.6 is 11.6 Å². The maximum atomic E-state index is 12.1. The lowest BCUT2D eigenvalue weighted by Gasteiger charge is -2.31. The van der Waals surface area contributed by atoms with Crippen molar-refractivity contribution in [2.45, 2.75) is 26.4 Å². The van der Waals surface area contributed by atoms with Gasteiger partial charge in [-0.1, -0.05) is 48.0 Å². The summed E-state index contributed by atoms with van der Waals surface area (Å²) in [7, 11) is 2.67. The molecule has 2 N–H and O–H groups in total. The van der Waals surface area contributed by atoms with Gasteiger partial charge in [-0.3, -0.25) is 0 Å². The van der Waals surface area contributed by atoms with E-state index in [2.05, 4.69) is 10.6 Å². The molecule has 3 rings (SSSR count). The number of dihydropyridines is 1. The number of nitrogens with one attached hydrogen (secondary N) is 2. The van der Waals surface area contributed by atoms with Crippen LogP contribution in [0.15, 0.2) is 71.4 Å². The minimum absolute atomic E-state index is 0.214. The first-order chi connectivity index (χ1) is 15.8. The molecular formula is C24H25ClN2O6. The van der Waals surface area contributed by atoms with E-state index in [-0.39, 0.29) is 18.1 Å². The van der Waals surface area contributed by atoms with E-state index in [1.165, 1.54) is 14.2 Å². The molecule has 0 aliphatic carbocycles. The van der Waals surface area contributed by atoms with Crippen LogP contribution < -0.4 is 15.4 Å². The van der Waals surface area contributed by atoms with Crippen molar-refractivity contribution in [1.82, 2.24) is 10.6 Å². The normalized spacial score (nSPS) is 15.5. The molecule has 1 amide bonds. The molecule has 0 bridgehead atoms. The van der Waals surface area contributed by atoms with E-state index in [4.69, 9.17) is 30.5 Å². The largest absolute Gasteiger partial charge is 0.513 e. The van der Waals surface area contributed by atoms with Crippen molar-refractivity contribution in [3.63, 3.8) is 0 Å². The van der Waals surface area contributed by atoms with E-state index in [1.54, 1.807) is 26.0 Å². The van der Waals surface area contributed by atoms with E-state index in [1.807, 2.05) is 36.4 Å². The van der Waals surface area contributed by atoms with Gasteiger partial charge in [-0.05, 0) is 26.0 Å². The van der Waals surface area contributed by atoms with Gasteiger partial charge in [0.15, 0.2) is 0 Å². The lowest BCUT2D eigenvalue weighted by Crippen LogP contribution is -2.31. The zero-order chi connectivity index (χ0) is 24.0. The minimum atomic E-state index is -0.899. The number of benzene rings is 2. The van der Waals surface area contributed by atoms with Gasteiger partial charge in [0.25, 0.3) is 0 Å². The molecule has 0 saturated carbocycles. The molecule has 0 spiro atoms. The maximum absolute atomic E-state index is 12.1. The van der Waals surface area contributed by atoms with E-state index in [9.17, 15) is 9.59 Å². The Morgan fingerprint density at radius 2 is 1.64 bits per heavy atom. The molecule has 0 radical (unpaired) electrons. The second-order valence-corrected chi connectivity index (χ2v) is 7.56. The molecule has 1 heterocycles. The summed E-state index contributed by atoms with van der Waals surface area (Å²) >= 11 is 6.27. The lowest BCUT2D eigenvalue weighted by atomic mass is 9.90. The van der Waals surface area contributed by atoms with Gasteiger partial charge in [0, 0.05) is 23.2 Å². The molecule has 2 aromatic carbocycles. The fourth-order valence-electron chi connectivity index (χ4n) is 3.41. The Hall–Kier alpha value is -3.65. The Morgan fingerprint density at radius 3 is 2.30 bits per heavy atom. The highest BCUT2D eigenvalue weighted by Gasteiger charge is 2.36. The number of carbonyl (C=O) groups excluding carboxylic acids is 2. The molecule has 9 heteroatoms. The molecule has 0 saturated heterocycles. The third kappa shape index (κ3) is 5.59. The van der Waals surface area contributed by atoms with Crippen LogP contribution in [0.1, 0.15) is 30.9 Å². The monoisotopic (exact) mass is 472 g/mol. The van der Waals surface area contributed by atoms with Gasteiger partial charge in [0.2, 0.25) is 0 Å². The second-order valence-electron chi connectivity index (χ2n) is 7.15. The number of hydrogen-bond donors (Lipinski definition) is 2. The van der Waals surface area contributed by atoms with Crippen LogP contribution in [0.25, 0.3) is 0 Å². The Bertz CT molecular complexity index is 1070. The Kier molecular flexibility index (Phi) is 7.84. The molecule has 0 fully saturated rings. The second kappa shape index (κ2) is 10.8. The van der Waals surface area contributed by atoms with Crippen molar-refractivity contribution >= 4 is 23.8 Å². The van der Waals surface area contributed by atoms with Crippen molar-refractivity contribution in [2.24, 2.45) is 0 Å². The van der Waals surface area contributed by atoms with E-state index >= 15 is 0 Å². The Morgan fingerprint density at radius 1 is 1.00 bits per heavy atom. The van der Waals surface area contributed by atoms with Crippen LogP contribution in [0.3, 0.4) is 0 Å². The van der Waals surface area contributed by atoms with Crippen molar-refractivity contribution in [2.75, 3.05) is 14.2 Å². The average molecular weight is 473 g/mol. The summed E-state index contributed by atoms with van der Waals surface area (Å²) in [5.74, 6) is 0.229. The molecule has 1 unspecified atom stereocenters. The van der Waals surface area contributed by atoms with Crippen LogP contribution in [0.4, 0.5) is 9.59 Å². The summed E-state index contributed by atoms with van der Waals surface area (Å²) in [5.41, 5.74) is 2.58. The quantitative estimate of drug-likeness (QED) is 0.557. The molecule has 1 aliphatic heterocycles. The number of allylic oxidation sites excluding steroid dienone is 2. The van der Waals surface area contributed by atoms with E-state index < -0.39 is 18.2 Å². The summed E-state index contributed by atoms with van der Waals surface area (Å²) < 4.78 is 21.9. The molecule has 174 valence electrons. The Balaban J connectivity index is 2.06. The van der Waals surface area contributed by atoms with Crippen LogP contribution in [0, 0.1) is 0 Å². The fraction of sp³-hybridized carbons (Fsp3) is 0.250. The number of alkyl carbamates (subject to hydrolysis) is 1. The van der Waals surface area contributed by atoms with Gasteiger partial charge >= 0.3 is 12.2 Å². The summed E-state index contributed by atoms with van der Waals surface area (Å²) in [5, 5.41) is 6.10. The zero-order valence-corrected chi connectivity index (χ0v) is 19.5. The van der Waals surface area contributed by atoms with Crippen LogP contribution in [0.2, 0.25) is 5.02 Å². The van der Waals surface area contributed by atoms with Gasteiger partial charge in [-0.15, -0.1) is 0 Å². The summed E-state index contributed by atoms with van der Waals surface area (Å²) in [6, 6.07) is 14.6. The number of para-hydroxylation sites is 1. The van der Waals surface area contributed by atoms with Gasteiger partial charge < -0.3 is 29.6 Å².